The van der Waals surface area contributed by atoms with Crippen LogP contribution in [-0.2, 0) is 9.59 Å². The van der Waals surface area contributed by atoms with E-state index in [9.17, 15) is 9.59 Å². The zero-order valence-corrected chi connectivity index (χ0v) is 10.8. The Morgan fingerprint density at radius 3 is 2.94 bits per heavy atom. The molecule has 1 aliphatic heterocycles. The molecule has 0 radical (unpaired) electrons. The van der Waals surface area contributed by atoms with E-state index in [0.29, 0.717) is 23.8 Å². The van der Waals surface area contributed by atoms with E-state index >= 15 is 0 Å². The van der Waals surface area contributed by atoms with Crippen LogP contribution in [0.2, 0.25) is 5.02 Å². The highest BCUT2D eigenvalue weighted by Gasteiger charge is 2.32. The van der Waals surface area contributed by atoms with Crippen LogP contribution in [0.5, 0.6) is 0 Å². The molecule has 0 aromatic carbocycles. The molecule has 1 unspecified atom stereocenters. The van der Waals surface area contributed by atoms with Crippen LogP contribution in [-0.4, -0.2) is 27.8 Å². The van der Waals surface area contributed by atoms with Gasteiger partial charge in [-0.05, 0) is 12.1 Å². The molecule has 90 valence electrons. The highest BCUT2D eigenvalue weighted by Crippen LogP contribution is 2.27. The lowest BCUT2D eigenvalue weighted by Crippen LogP contribution is -2.25. The van der Waals surface area contributed by atoms with Crippen molar-refractivity contribution < 1.29 is 9.59 Å². The molecule has 4 nitrogen and oxygen atoms in total. The average Bonchev–Trinajstić information content (AvgIpc) is 2.59. The first-order chi connectivity index (χ1) is 8.06. The lowest BCUT2D eigenvalue weighted by atomic mass is 10.4. The molecule has 1 saturated heterocycles. The summed E-state index contributed by atoms with van der Waals surface area (Å²) in [6, 6.07) is 3.41. The minimum absolute atomic E-state index is 0.00132. The van der Waals surface area contributed by atoms with Crippen molar-refractivity contribution in [2.75, 3.05) is 11.4 Å². The van der Waals surface area contributed by atoms with Gasteiger partial charge in [-0.25, -0.2) is 4.98 Å². The number of amides is 1. The van der Waals surface area contributed by atoms with E-state index in [0.717, 1.165) is 0 Å². The fraction of sp³-hybridized carbons (Fsp3) is 0.364. The molecule has 1 aromatic rings. The van der Waals surface area contributed by atoms with Gasteiger partial charge in [0.05, 0.1) is 5.02 Å². The zero-order valence-electron chi connectivity index (χ0n) is 9.22. The number of aromatic nitrogens is 1. The van der Waals surface area contributed by atoms with Crippen LogP contribution in [0.3, 0.4) is 0 Å². The van der Waals surface area contributed by atoms with Crippen LogP contribution < -0.4 is 4.90 Å². The molecule has 0 N–H and O–H groups in total. The molecular weight excluding hydrogens is 260 g/mol. The molecule has 0 saturated carbocycles. The number of rotatable bonds is 2. The molecule has 1 amide bonds. The average molecular weight is 271 g/mol. The Hall–Kier alpha value is -1.07. The van der Waals surface area contributed by atoms with Crippen molar-refractivity contribution in [3.05, 3.63) is 23.4 Å². The van der Waals surface area contributed by atoms with E-state index < -0.39 is 0 Å². The molecule has 0 bridgehead atoms. The summed E-state index contributed by atoms with van der Waals surface area (Å²) >= 11 is 6.95. The standard InChI is InChI=1S/C11H11ClN2O2S/c1-7(15)17-9-4-11(16)14(6-9)10-3-2-8(12)5-13-10/h2-3,5,9H,4,6H2,1H3. The van der Waals surface area contributed by atoms with E-state index in [1.165, 1.54) is 24.9 Å². The fourth-order valence-corrected chi connectivity index (χ4v) is 2.77. The van der Waals surface area contributed by atoms with Crippen molar-refractivity contribution in [3.8, 4) is 0 Å². The van der Waals surface area contributed by atoms with E-state index in [4.69, 9.17) is 11.6 Å². The highest BCUT2D eigenvalue weighted by atomic mass is 35.5. The Labute approximate surface area is 108 Å². The molecular formula is C11H11ClN2O2S. The zero-order chi connectivity index (χ0) is 12.4. The first-order valence-corrected chi connectivity index (χ1v) is 6.41. The third kappa shape index (κ3) is 2.98. The molecule has 0 spiro atoms. The van der Waals surface area contributed by atoms with E-state index in [-0.39, 0.29) is 16.3 Å². The number of thioether (sulfide) groups is 1. The monoisotopic (exact) mass is 270 g/mol. The number of carbonyl (C=O) groups excluding carboxylic acids is 2. The van der Waals surface area contributed by atoms with E-state index in [1.54, 1.807) is 17.0 Å². The second kappa shape index (κ2) is 5.06. The van der Waals surface area contributed by atoms with Crippen LogP contribution in [0.4, 0.5) is 5.82 Å². The minimum atomic E-state index is -0.00132. The molecule has 17 heavy (non-hydrogen) atoms. The van der Waals surface area contributed by atoms with Crippen molar-refractivity contribution in [1.29, 1.82) is 0 Å². The Kier molecular flexibility index (Phi) is 3.69. The van der Waals surface area contributed by atoms with Gasteiger partial charge in [0, 0.05) is 31.3 Å². The molecule has 1 atom stereocenters. The number of pyridine rings is 1. The summed E-state index contributed by atoms with van der Waals surface area (Å²) < 4.78 is 0. The summed E-state index contributed by atoms with van der Waals surface area (Å²) in [5, 5.41) is 0.598. The number of hydrogen-bond donors (Lipinski definition) is 0. The van der Waals surface area contributed by atoms with Crippen molar-refractivity contribution in [3.63, 3.8) is 0 Å². The normalized spacial score (nSPS) is 19.8. The topological polar surface area (TPSA) is 50.3 Å². The van der Waals surface area contributed by atoms with Gasteiger partial charge in [-0.3, -0.25) is 14.5 Å². The summed E-state index contributed by atoms with van der Waals surface area (Å²) in [7, 11) is 0. The SMILES string of the molecule is CC(=O)SC1CC(=O)N(c2ccc(Cl)cn2)C1. The fourth-order valence-electron chi connectivity index (χ4n) is 1.74. The van der Waals surface area contributed by atoms with Crippen molar-refractivity contribution in [2.24, 2.45) is 0 Å². The second-order valence-corrected chi connectivity index (χ2v) is 5.69. The Bertz CT molecular complexity index is 449. The number of halogens is 1. The highest BCUT2D eigenvalue weighted by molar-refractivity contribution is 8.14. The molecule has 2 rings (SSSR count). The third-order valence-corrected chi connectivity index (χ3v) is 3.62. The predicted octanol–water partition coefficient (Wildman–Crippen LogP) is 2.12. The Morgan fingerprint density at radius 1 is 1.59 bits per heavy atom. The third-order valence-electron chi connectivity index (χ3n) is 2.41. The number of anilines is 1. The molecule has 0 aliphatic carbocycles. The summed E-state index contributed by atoms with van der Waals surface area (Å²) in [5.41, 5.74) is 0. The van der Waals surface area contributed by atoms with Gasteiger partial charge >= 0.3 is 0 Å². The van der Waals surface area contributed by atoms with E-state index in [1.807, 2.05) is 0 Å². The molecule has 1 aliphatic rings. The van der Waals surface area contributed by atoms with Gasteiger partial charge in [0.1, 0.15) is 5.82 Å². The maximum absolute atomic E-state index is 11.8. The largest absolute Gasteiger partial charge is 0.296 e. The summed E-state index contributed by atoms with van der Waals surface area (Å²) in [6.07, 6.45) is 1.89. The van der Waals surface area contributed by atoms with Crippen LogP contribution in [0.1, 0.15) is 13.3 Å². The molecule has 2 heterocycles. The van der Waals surface area contributed by atoms with Crippen LogP contribution in [0, 0.1) is 0 Å². The lowest BCUT2D eigenvalue weighted by molar-refractivity contribution is -0.117. The first kappa shape index (κ1) is 12.4. The van der Waals surface area contributed by atoms with Crippen LogP contribution >= 0.6 is 23.4 Å². The van der Waals surface area contributed by atoms with Crippen molar-refractivity contribution in [2.45, 2.75) is 18.6 Å². The first-order valence-electron chi connectivity index (χ1n) is 5.15. The van der Waals surface area contributed by atoms with Gasteiger partial charge in [-0.2, -0.15) is 0 Å². The van der Waals surface area contributed by atoms with Crippen LogP contribution in [0.15, 0.2) is 18.3 Å². The van der Waals surface area contributed by atoms with Gasteiger partial charge in [-0.1, -0.05) is 23.4 Å². The van der Waals surface area contributed by atoms with Crippen molar-refractivity contribution in [1.82, 2.24) is 4.98 Å². The van der Waals surface area contributed by atoms with Gasteiger partial charge in [-0.15, -0.1) is 0 Å². The number of nitrogens with zero attached hydrogens (tertiary/aromatic N) is 2. The Balaban J connectivity index is 2.10. The summed E-state index contributed by atoms with van der Waals surface area (Å²) in [6.45, 7) is 2.04. The molecule has 1 aromatic heterocycles. The van der Waals surface area contributed by atoms with Gasteiger partial charge in [0.25, 0.3) is 0 Å². The lowest BCUT2D eigenvalue weighted by Gasteiger charge is -2.14. The maximum atomic E-state index is 11.8. The maximum Gasteiger partial charge on any atom is 0.229 e. The van der Waals surface area contributed by atoms with Crippen LogP contribution in [0.25, 0.3) is 0 Å². The van der Waals surface area contributed by atoms with Gasteiger partial charge in [0.15, 0.2) is 5.12 Å². The summed E-state index contributed by atoms with van der Waals surface area (Å²) in [5.74, 6) is 0.588. The van der Waals surface area contributed by atoms with Gasteiger partial charge < -0.3 is 0 Å². The number of carbonyl (C=O) groups is 2. The van der Waals surface area contributed by atoms with E-state index in [2.05, 4.69) is 4.98 Å². The predicted molar refractivity (Wildman–Crippen MR) is 68.3 cm³/mol. The van der Waals surface area contributed by atoms with Crippen molar-refractivity contribution >= 4 is 40.2 Å². The minimum Gasteiger partial charge on any atom is -0.296 e. The Morgan fingerprint density at radius 2 is 2.35 bits per heavy atom. The smallest absolute Gasteiger partial charge is 0.229 e. The molecule has 1 fully saturated rings. The van der Waals surface area contributed by atoms with Gasteiger partial charge in [0.2, 0.25) is 5.91 Å². The second-order valence-electron chi connectivity index (χ2n) is 3.77. The number of hydrogen-bond acceptors (Lipinski definition) is 4. The molecule has 6 heteroatoms. The summed E-state index contributed by atoms with van der Waals surface area (Å²) in [4.78, 5) is 28.5. The quantitative estimate of drug-likeness (QED) is 0.826.